The molecule has 0 saturated carbocycles. The second kappa shape index (κ2) is 7.17. The number of thioether (sulfide) groups is 1. The second-order valence-electron chi connectivity index (χ2n) is 6.10. The number of fused-ring (bicyclic) bond motifs is 3. The van der Waals surface area contributed by atoms with E-state index in [2.05, 4.69) is 20.4 Å². The maximum Gasteiger partial charge on any atom is 0.234 e. The van der Waals surface area contributed by atoms with Crippen LogP contribution in [0.3, 0.4) is 0 Å². The zero-order valence-corrected chi connectivity index (χ0v) is 16.3. The first-order chi connectivity index (χ1) is 13.0. The van der Waals surface area contributed by atoms with Crippen molar-refractivity contribution in [2.45, 2.75) is 19.0 Å². The van der Waals surface area contributed by atoms with E-state index in [1.54, 1.807) is 16.6 Å². The number of aromatic nitrogens is 4. The van der Waals surface area contributed by atoms with E-state index < -0.39 is 0 Å². The first kappa shape index (κ1) is 17.8. The Labute approximate surface area is 165 Å². The number of halogens is 1. The van der Waals surface area contributed by atoms with Crippen LogP contribution in [-0.2, 0) is 4.79 Å². The summed E-state index contributed by atoms with van der Waals surface area (Å²) in [5, 5.41) is 9.46. The summed E-state index contributed by atoms with van der Waals surface area (Å²) < 4.78 is 1.69. The zero-order valence-electron chi connectivity index (χ0n) is 14.7. The summed E-state index contributed by atoms with van der Waals surface area (Å²) in [6.45, 7) is 3.76. The van der Waals surface area contributed by atoms with Gasteiger partial charge in [0.05, 0.1) is 11.3 Å². The largest absolute Gasteiger partial charge is 0.325 e. The lowest BCUT2D eigenvalue weighted by Crippen LogP contribution is -2.15. The predicted molar refractivity (Wildman–Crippen MR) is 109 cm³/mol. The summed E-state index contributed by atoms with van der Waals surface area (Å²) in [6, 6.07) is 13.2. The monoisotopic (exact) mass is 397 g/mol. The number of nitrogens with one attached hydrogen (secondary N) is 1. The number of aryl methyl sites for hydroxylation is 2. The Bertz CT molecular complexity index is 1170. The molecule has 0 aliphatic rings. The van der Waals surface area contributed by atoms with Crippen molar-refractivity contribution >= 4 is 51.5 Å². The van der Waals surface area contributed by atoms with Crippen LogP contribution in [0, 0.1) is 13.8 Å². The first-order valence-corrected chi connectivity index (χ1v) is 9.68. The Balaban J connectivity index is 1.59. The summed E-state index contributed by atoms with van der Waals surface area (Å²) in [6.07, 6.45) is 0. The number of benzene rings is 2. The third-order valence-electron chi connectivity index (χ3n) is 4.06. The van der Waals surface area contributed by atoms with E-state index in [1.807, 2.05) is 44.2 Å². The highest BCUT2D eigenvalue weighted by Crippen LogP contribution is 2.25. The molecule has 0 aliphatic carbocycles. The van der Waals surface area contributed by atoms with Gasteiger partial charge in [0.25, 0.3) is 0 Å². The van der Waals surface area contributed by atoms with Crippen LogP contribution in [0.1, 0.15) is 11.4 Å². The molecule has 1 amide bonds. The molecule has 0 fully saturated rings. The van der Waals surface area contributed by atoms with Crippen molar-refractivity contribution in [3.8, 4) is 0 Å². The fraction of sp³-hybridized carbons (Fsp3) is 0.158. The molecule has 0 unspecified atom stereocenters. The minimum Gasteiger partial charge on any atom is -0.325 e. The normalized spacial score (nSPS) is 11.2. The molecule has 0 saturated heterocycles. The van der Waals surface area contributed by atoms with Gasteiger partial charge in [-0.2, -0.15) is 4.52 Å². The smallest absolute Gasteiger partial charge is 0.234 e. The number of carbonyl (C=O) groups is 1. The zero-order chi connectivity index (χ0) is 19.0. The highest BCUT2D eigenvalue weighted by Gasteiger charge is 2.14. The van der Waals surface area contributed by atoms with Crippen molar-refractivity contribution < 1.29 is 4.79 Å². The van der Waals surface area contributed by atoms with Gasteiger partial charge >= 0.3 is 0 Å². The molecule has 136 valence electrons. The van der Waals surface area contributed by atoms with Gasteiger partial charge in [0.2, 0.25) is 5.91 Å². The highest BCUT2D eigenvalue weighted by molar-refractivity contribution is 7.99. The van der Waals surface area contributed by atoms with E-state index in [9.17, 15) is 4.79 Å². The lowest BCUT2D eigenvalue weighted by atomic mass is 10.2. The Morgan fingerprint density at radius 1 is 1.19 bits per heavy atom. The molecule has 4 rings (SSSR count). The fourth-order valence-corrected chi connectivity index (χ4v) is 3.69. The van der Waals surface area contributed by atoms with Crippen molar-refractivity contribution in [2.75, 3.05) is 11.1 Å². The number of amides is 1. The number of rotatable bonds is 4. The molecule has 0 aliphatic heterocycles. The summed E-state index contributed by atoms with van der Waals surface area (Å²) in [5.41, 5.74) is 3.23. The lowest BCUT2D eigenvalue weighted by molar-refractivity contribution is -0.113. The quantitative estimate of drug-likeness (QED) is 0.411. The molecule has 0 bridgehead atoms. The van der Waals surface area contributed by atoms with Gasteiger partial charge in [0.1, 0.15) is 5.82 Å². The Morgan fingerprint density at radius 2 is 2.00 bits per heavy atom. The number of carbonyl (C=O) groups excluding carboxylic acids is 1. The summed E-state index contributed by atoms with van der Waals surface area (Å²) in [7, 11) is 0. The molecule has 0 spiro atoms. The van der Waals surface area contributed by atoms with E-state index in [0.29, 0.717) is 21.7 Å². The Hall–Kier alpha value is -2.64. The van der Waals surface area contributed by atoms with Crippen molar-refractivity contribution in [3.05, 3.63) is 58.9 Å². The van der Waals surface area contributed by atoms with Gasteiger partial charge in [-0.25, -0.2) is 9.97 Å². The molecule has 8 heteroatoms. The van der Waals surface area contributed by atoms with Gasteiger partial charge in [0, 0.05) is 16.1 Å². The van der Waals surface area contributed by atoms with E-state index in [1.165, 1.54) is 11.8 Å². The van der Waals surface area contributed by atoms with Gasteiger partial charge in [-0.15, -0.1) is 5.10 Å². The van der Waals surface area contributed by atoms with Gasteiger partial charge in [-0.3, -0.25) is 4.79 Å². The van der Waals surface area contributed by atoms with Gasteiger partial charge in [-0.1, -0.05) is 41.6 Å². The van der Waals surface area contributed by atoms with Crippen LogP contribution in [0.5, 0.6) is 0 Å². The van der Waals surface area contributed by atoms with Crippen LogP contribution in [0.4, 0.5) is 5.69 Å². The molecule has 27 heavy (non-hydrogen) atoms. The molecular formula is C19H16ClN5OS. The van der Waals surface area contributed by atoms with Crippen molar-refractivity contribution in [1.29, 1.82) is 0 Å². The Morgan fingerprint density at radius 3 is 2.85 bits per heavy atom. The van der Waals surface area contributed by atoms with Crippen LogP contribution >= 0.6 is 23.4 Å². The molecule has 1 N–H and O–H groups in total. The number of hydrogen-bond donors (Lipinski definition) is 1. The predicted octanol–water partition coefficient (Wildman–Crippen LogP) is 4.28. The van der Waals surface area contributed by atoms with Crippen LogP contribution < -0.4 is 5.32 Å². The summed E-state index contributed by atoms with van der Waals surface area (Å²) >= 11 is 7.33. The highest BCUT2D eigenvalue weighted by atomic mass is 35.5. The number of anilines is 1. The molecule has 2 heterocycles. The average Bonchev–Trinajstić information content (AvgIpc) is 3.04. The van der Waals surface area contributed by atoms with Crippen LogP contribution in [0.2, 0.25) is 5.02 Å². The first-order valence-electron chi connectivity index (χ1n) is 8.32. The van der Waals surface area contributed by atoms with E-state index in [4.69, 9.17) is 11.6 Å². The SMILES string of the molecule is Cc1nc2c3ccccc3nc(SCC(=O)Nc3cc(Cl)ccc3C)n2n1. The summed E-state index contributed by atoms with van der Waals surface area (Å²) in [5.74, 6) is 0.727. The topological polar surface area (TPSA) is 72.2 Å². The second-order valence-corrected chi connectivity index (χ2v) is 7.48. The van der Waals surface area contributed by atoms with Crippen molar-refractivity contribution in [3.63, 3.8) is 0 Å². The minimum atomic E-state index is -0.134. The average molecular weight is 398 g/mol. The van der Waals surface area contributed by atoms with Gasteiger partial charge in [-0.05, 0) is 43.7 Å². The molecule has 2 aromatic carbocycles. The van der Waals surface area contributed by atoms with Gasteiger partial charge in [0.15, 0.2) is 10.8 Å². The Kier molecular flexibility index (Phi) is 4.72. The number of nitrogens with zero attached hydrogens (tertiary/aromatic N) is 4. The van der Waals surface area contributed by atoms with Crippen LogP contribution in [-0.4, -0.2) is 31.2 Å². The summed E-state index contributed by atoms with van der Waals surface area (Å²) in [4.78, 5) is 21.6. The minimum absolute atomic E-state index is 0.134. The van der Waals surface area contributed by atoms with Crippen LogP contribution in [0.15, 0.2) is 47.6 Å². The number of para-hydroxylation sites is 1. The maximum atomic E-state index is 12.4. The lowest BCUT2D eigenvalue weighted by Gasteiger charge is -2.09. The third kappa shape index (κ3) is 3.61. The molecule has 2 aromatic heterocycles. The fourth-order valence-electron chi connectivity index (χ4n) is 2.77. The van der Waals surface area contributed by atoms with Crippen molar-refractivity contribution in [1.82, 2.24) is 19.6 Å². The van der Waals surface area contributed by atoms with E-state index in [-0.39, 0.29) is 11.7 Å². The molecule has 6 nitrogen and oxygen atoms in total. The molecule has 4 aromatic rings. The van der Waals surface area contributed by atoms with Crippen molar-refractivity contribution in [2.24, 2.45) is 0 Å². The van der Waals surface area contributed by atoms with Gasteiger partial charge < -0.3 is 5.32 Å². The third-order valence-corrected chi connectivity index (χ3v) is 5.23. The molecule has 0 radical (unpaired) electrons. The molecular weight excluding hydrogens is 382 g/mol. The van der Waals surface area contributed by atoms with E-state index >= 15 is 0 Å². The van der Waals surface area contributed by atoms with E-state index in [0.717, 1.165) is 22.1 Å². The standard InChI is InChI=1S/C19H16ClN5OS/c1-11-7-8-13(20)9-16(11)22-17(26)10-27-19-23-15-6-4-3-5-14(15)18-21-12(2)24-25(18)19/h3-9H,10H2,1-2H3,(H,22,26). The molecule has 0 atom stereocenters. The van der Waals surface area contributed by atoms with Crippen LogP contribution in [0.25, 0.3) is 16.6 Å². The maximum absolute atomic E-state index is 12.4. The number of hydrogen-bond acceptors (Lipinski definition) is 5.